The van der Waals surface area contributed by atoms with Crippen LogP contribution in [0.2, 0.25) is 0 Å². The van der Waals surface area contributed by atoms with Gasteiger partial charge in [-0.2, -0.15) is 0 Å². The van der Waals surface area contributed by atoms with E-state index in [2.05, 4.69) is 0 Å². The second-order valence-corrected chi connectivity index (χ2v) is 3.49. The Labute approximate surface area is 86.1 Å². The molecule has 0 spiro atoms. The molecule has 0 aliphatic heterocycles. The average Bonchev–Trinajstić information content (AvgIpc) is 2.17. The largest absolute Gasteiger partial charge is 0.481 e. The van der Waals surface area contributed by atoms with Crippen LogP contribution in [0.3, 0.4) is 0 Å². The summed E-state index contributed by atoms with van der Waals surface area (Å²) in [6.45, 7) is 0. The predicted molar refractivity (Wildman–Crippen MR) is 52.7 cm³/mol. The van der Waals surface area contributed by atoms with Crippen molar-refractivity contribution in [3.05, 3.63) is 41.5 Å². The maximum Gasteiger partial charge on any atom is 0.316 e. The van der Waals surface area contributed by atoms with E-state index in [9.17, 15) is 15.0 Å². The Morgan fingerprint density at radius 2 is 1.93 bits per heavy atom. The van der Waals surface area contributed by atoms with E-state index in [4.69, 9.17) is 5.11 Å². The van der Waals surface area contributed by atoms with E-state index in [-0.39, 0.29) is 5.56 Å². The predicted octanol–water partition coefficient (Wildman–Crippen LogP) is 0.552. The van der Waals surface area contributed by atoms with Crippen molar-refractivity contribution < 1.29 is 20.1 Å². The van der Waals surface area contributed by atoms with Gasteiger partial charge in [-0.25, -0.2) is 0 Å². The van der Waals surface area contributed by atoms with E-state index in [1.54, 1.807) is 24.3 Å². The molecule has 0 amide bonds. The summed E-state index contributed by atoms with van der Waals surface area (Å²) in [5, 5.41) is 28.4. The smallest absolute Gasteiger partial charge is 0.316 e. The second-order valence-electron chi connectivity index (χ2n) is 3.49. The summed E-state index contributed by atoms with van der Waals surface area (Å²) in [6.07, 6.45) is 2.86. The number of carboxylic acids is 1. The van der Waals surface area contributed by atoms with E-state index < -0.39 is 17.7 Å². The molecule has 2 rings (SSSR count). The first-order valence-corrected chi connectivity index (χ1v) is 4.48. The van der Waals surface area contributed by atoms with E-state index >= 15 is 0 Å². The molecule has 0 saturated carbocycles. The quantitative estimate of drug-likeness (QED) is 0.586. The summed E-state index contributed by atoms with van der Waals surface area (Å²) in [5.74, 6) is -4.92. The molecule has 1 aliphatic carbocycles. The van der Waals surface area contributed by atoms with Crippen molar-refractivity contribution in [2.75, 3.05) is 0 Å². The zero-order valence-corrected chi connectivity index (χ0v) is 7.79. The molecule has 1 atom stereocenters. The van der Waals surface area contributed by atoms with E-state index in [1.165, 1.54) is 12.1 Å². The van der Waals surface area contributed by atoms with Crippen LogP contribution < -0.4 is 0 Å². The third kappa shape index (κ3) is 1.44. The highest BCUT2D eigenvalue weighted by Crippen LogP contribution is 2.35. The van der Waals surface area contributed by atoms with Crippen molar-refractivity contribution in [3.8, 4) is 0 Å². The molecule has 4 nitrogen and oxygen atoms in total. The molecule has 0 heterocycles. The Morgan fingerprint density at radius 1 is 1.27 bits per heavy atom. The van der Waals surface area contributed by atoms with Crippen LogP contribution in [0.1, 0.15) is 11.1 Å². The average molecular weight is 206 g/mol. The van der Waals surface area contributed by atoms with Crippen LogP contribution in [-0.2, 0) is 10.6 Å². The summed E-state index contributed by atoms with van der Waals surface area (Å²) in [7, 11) is 0. The van der Waals surface area contributed by atoms with Crippen LogP contribution in [0.15, 0.2) is 30.3 Å². The monoisotopic (exact) mass is 206 g/mol. The summed E-state index contributed by atoms with van der Waals surface area (Å²) in [6, 6.07) is 6.60. The van der Waals surface area contributed by atoms with Gasteiger partial charge >= 0.3 is 5.97 Å². The topological polar surface area (TPSA) is 77.8 Å². The molecule has 1 unspecified atom stereocenters. The number of aliphatic hydroxyl groups is 2. The van der Waals surface area contributed by atoms with Gasteiger partial charge in [0.1, 0.15) is 5.92 Å². The van der Waals surface area contributed by atoms with Gasteiger partial charge in [0.25, 0.3) is 0 Å². The van der Waals surface area contributed by atoms with E-state index in [1.807, 2.05) is 0 Å². The number of benzene rings is 1. The van der Waals surface area contributed by atoms with Crippen LogP contribution in [0.25, 0.3) is 6.08 Å². The number of hydrogen-bond acceptors (Lipinski definition) is 3. The van der Waals surface area contributed by atoms with Crippen LogP contribution in [0, 0.1) is 5.92 Å². The fourth-order valence-corrected chi connectivity index (χ4v) is 1.73. The van der Waals surface area contributed by atoms with Gasteiger partial charge in [-0.05, 0) is 5.56 Å². The number of fused-ring (bicyclic) bond motifs is 1. The Balaban J connectivity index is 2.57. The molecule has 0 saturated heterocycles. The Morgan fingerprint density at radius 3 is 2.60 bits per heavy atom. The molecule has 1 aromatic carbocycles. The number of carbonyl (C=O) groups is 1. The van der Waals surface area contributed by atoms with Gasteiger partial charge in [0.2, 0.25) is 5.79 Å². The highest BCUT2D eigenvalue weighted by molar-refractivity contribution is 5.78. The van der Waals surface area contributed by atoms with Gasteiger partial charge in [-0.15, -0.1) is 0 Å². The fraction of sp³-hybridized carbons (Fsp3) is 0.182. The molecule has 1 aliphatic rings. The normalized spacial score (nSPS) is 22.1. The van der Waals surface area contributed by atoms with Gasteiger partial charge in [0.15, 0.2) is 0 Å². The highest BCUT2D eigenvalue weighted by atomic mass is 16.5. The van der Waals surface area contributed by atoms with Crippen molar-refractivity contribution in [1.82, 2.24) is 0 Å². The Kier molecular flexibility index (Phi) is 2.10. The maximum atomic E-state index is 10.8. The SMILES string of the molecule is O=C(O)C1C=Cc2ccccc2C1(O)O. The van der Waals surface area contributed by atoms with E-state index in [0.717, 1.165) is 0 Å². The standard InChI is InChI=1S/C11H10O4/c12-10(13)9-6-5-7-3-1-2-4-8(7)11(9,14)15/h1-6,9,14-15H,(H,12,13). The van der Waals surface area contributed by atoms with Crippen LogP contribution >= 0.6 is 0 Å². The summed E-state index contributed by atoms with van der Waals surface area (Å²) >= 11 is 0. The van der Waals surface area contributed by atoms with Gasteiger partial charge < -0.3 is 15.3 Å². The molecule has 15 heavy (non-hydrogen) atoms. The van der Waals surface area contributed by atoms with E-state index in [0.29, 0.717) is 5.56 Å². The minimum atomic E-state index is -2.34. The van der Waals surface area contributed by atoms with Gasteiger partial charge in [0.05, 0.1) is 0 Å². The Hall–Kier alpha value is -1.65. The lowest BCUT2D eigenvalue weighted by Gasteiger charge is -2.31. The summed E-state index contributed by atoms with van der Waals surface area (Å²) in [5.41, 5.74) is 0.847. The molecule has 1 aromatic rings. The molecule has 0 radical (unpaired) electrons. The number of carboxylic acid groups (broad SMARTS) is 1. The summed E-state index contributed by atoms with van der Waals surface area (Å²) < 4.78 is 0. The molecule has 0 bridgehead atoms. The lowest BCUT2D eigenvalue weighted by Crippen LogP contribution is -2.40. The first-order chi connectivity index (χ1) is 7.03. The second kappa shape index (κ2) is 3.18. The zero-order chi connectivity index (χ0) is 11.1. The number of aliphatic carboxylic acids is 1. The third-order valence-electron chi connectivity index (χ3n) is 2.53. The van der Waals surface area contributed by atoms with Crippen molar-refractivity contribution in [2.45, 2.75) is 5.79 Å². The zero-order valence-electron chi connectivity index (χ0n) is 7.79. The summed E-state index contributed by atoms with van der Waals surface area (Å²) in [4.78, 5) is 10.8. The van der Waals surface area contributed by atoms with Crippen molar-refractivity contribution in [2.24, 2.45) is 5.92 Å². The van der Waals surface area contributed by atoms with Crippen molar-refractivity contribution in [1.29, 1.82) is 0 Å². The van der Waals surface area contributed by atoms with Crippen LogP contribution in [-0.4, -0.2) is 21.3 Å². The first-order valence-electron chi connectivity index (χ1n) is 4.48. The molecule has 0 fully saturated rings. The Bertz CT molecular complexity index is 434. The van der Waals surface area contributed by atoms with Crippen molar-refractivity contribution in [3.63, 3.8) is 0 Å². The minimum absolute atomic E-state index is 0.222. The van der Waals surface area contributed by atoms with Crippen LogP contribution in [0.4, 0.5) is 0 Å². The molecule has 4 heteroatoms. The highest BCUT2D eigenvalue weighted by Gasteiger charge is 2.42. The first kappa shape index (κ1) is 9.89. The molecular formula is C11H10O4. The maximum absolute atomic E-state index is 10.8. The van der Waals surface area contributed by atoms with Crippen molar-refractivity contribution >= 4 is 12.0 Å². The molecular weight excluding hydrogens is 196 g/mol. The molecule has 0 aromatic heterocycles. The number of hydrogen-bond donors (Lipinski definition) is 3. The fourth-order valence-electron chi connectivity index (χ4n) is 1.73. The van der Waals surface area contributed by atoms with Gasteiger partial charge in [-0.3, -0.25) is 4.79 Å². The third-order valence-corrected chi connectivity index (χ3v) is 2.53. The number of rotatable bonds is 1. The lowest BCUT2D eigenvalue weighted by atomic mass is 9.84. The molecule has 78 valence electrons. The van der Waals surface area contributed by atoms with Gasteiger partial charge in [-0.1, -0.05) is 36.4 Å². The van der Waals surface area contributed by atoms with Crippen LogP contribution in [0.5, 0.6) is 0 Å². The van der Waals surface area contributed by atoms with Gasteiger partial charge in [0, 0.05) is 5.56 Å². The molecule has 3 N–H and O–H groups in total. The minimum Gasteiger partial charge on any atom is -0.481 e. The lowest BCUT2D eigenvalue weighted by molar-refractivity contribution is -0.208.